The molecule has 0 saturated carbocycles. The van der Waals surface area contributed by atoms with E-state index in [1.54, 1.807) is 38.1 Å². The highest BCUT2D eigenvalue weighted by Gasteiger charge is 2.45. The molecule has 5 atom stereocenters. The Balaban J connectivity index is 1.90. The molecule has 4 rings (SSSR count). The molecule has 2 heterocycles. The largest absolute Gasteiger partial charge is 0.507 e. The summed E-state index contributed by atoms with van der Waals surface area (Å²) in [5.41, 5.74) is -1.70. The van der Waals surface area contributed by atoms with Gasteiger partial charge < -0.3 is 54.4 Å². The third-order valence-corrected chi connectivity index (χ3v) is 6.61. The van der Waals surface area contributed by atoms with Crippen molar-refractivity contribution in [2.75, 3.05) is 13.7 Å². The summed E-state index contributed by atoms with van der Waals surface area (Å²) in [7, 11) is 1.48. The number of rotatable bonds is 8. The third-order valence-electron chi connectivity index (χ3n) is 6.61. The van der Waals surface area contributed by atoms with E-state index in [4.69, 9.17) is 18.6 Å². The molecule has 0 aliphatic carbocycles. The molecule has 0 bridgehead atoms. The summed E-state index contributed by atoms with van der Waals surface area (Å²) >= 11 is 0. The van der Waals surface area contributed by atoms with Gasteiger partial charge in [0.05, 0.1) is 19.3 Å². The van der Waals surface area contributed by atoms with Crippen molar-refractivity contribution >= 4 is 11.0 Å². The molecule has 1 fully saturated rings. The molecular weight excluding hydrogens is 516 g/mol. The molecule has 212 valence electrons. The summed E-state index contributed by atoms with van der Waals surface area (Å²) < 4.78 is 22.4. The first-order chi connectivity index (χ1) is 18.4. The van der Waals surface area contributed by atoms with Crippen LogP contribution in [0.15, 0.2) is 39.5 Å². The van der Waals surface area contributed by atoms with E-state index in [1.165, 1.54) is 7.11 Å². The number of benzene rings is 2. The Morgan fingerprint density at radius 3 is 2.28 bits per heavy atom. The second-order valence-corrected chi connectivity index (χ2v) is 10.0. The van der Waals surface area contributed by atoms with Gasteiger partial charge in [0.25, 0.3) is 0 Å². The monoisotopic (exact) mass is 548 g/mol. The van der Waals surface area contributed by atoms with Crippen molar-refractivity contribution in [3.63, 3.8) is 0 Å². The molecule has 0 amide bonds. The van der Waals surface area contributed by atoms with Gasteiger partial charge in [-0.15, -0.1) is 0 Å². The van der Waals surface area contributed by atoms with Gasteiger partial charge in [-0.25, -0.2) is 0 Å². The van der Waals surface area contributed by atoms with Gasteiger partial charge in [-0.05, 0) is 51.0 Å². The number of phenols is 1. The lowest BCUT2D eigenvalue weighted by atomic mass is 9.96. The van der Waals surface area contributed by atoms with Crippen LogP contribution in [-0.2, 0) is 11.2 Å². The van der Waals surface area contributed by atoms with E-state index in [1.807, 2.05) is 0 Å². The lowest BCUT2D eigenvalue weighted by Gasteiger charge is -2.39. The Morgan fingerprint density at radius 2 is 1.69 bits per heavy atom. The van der Waals surface area contributed by atoms with Gasteiger partial charge in [0.2, 0.25) is 17.5 Å². The van der Waals surface area contributed by atoms with Crippen LogP contribution >= 0.6 is 0 Å². The minimum atomic E-state index is -1.75. The lowest BCUT2D eigenvalue weighted by Crippen LogP contribution is -2.60. The Morgan fingerprint density at radius 1 is 1.03 bits per heavy atom. The molecule has 0 unspecified atom stereocenters. The van der Waals surface area contributed by atoms with Crippen molar-refractivity contribution in [2.45, 2.75) is 63.0 Å². The van der Waals surface area contributed by atoms with Crippen LogP contribution < -0.4 is 14.9 Å². The third kappa shape index (κ3) is 5.66. The van der Waals surface area contributed by atoms with Crippen LogP contribution in [0.25, 0.3) is 22.3 Å². The van der Waals surface area contributed by atoms with Gasteiger partial charge in [-0.3, -0.25) is 4.79 Å². The molecule has 2 aromatic carbocycles. The minimum absolute atomic E-state index is 0.0444. The molecule has 0 radical (unpaired) electrons. The van der Waals surface area contributed by atoms with Gasteiger partial charge in [0.15, 0.2) is 5.76 Å². The Kier molecular flexibility index (Phi) is 8.07. The van der Waals surface area contributed by atoms with Crippen LogP contribution in [0.1, 0.15) is 25.8 Å². The maximum atomic E-state index is 13.2. The topological polar surface area (TPSA) is 200 Å². The summed E-state index contributed by atoms with van der Waals surface area (Å²) in [6.07, 6.45) is -7.74. The van der Waals surface area contributed by atoms with Crippen LogP contribution in [0.4, 0.5) is 0 Å². The van der Waals surface area contributed by atoms with E-state index in [2.05, 4.69) is 0 Å². The maximum Gasteiger partial charge on any atom is 0.238 e. The van der Waals surface area contributed by atoms with E-state index in [9.17, 15) is 40.5 Å². The van der Waals surface area contributed by atoms with E-state index in [0.717, 1.165) is 6.07 Å². The summed E-state index contributed by atoms with van der Waals surface area (Å²) in [5.74, 6) is -1.13. The van der Waals surface area contributed by atoms with E-state index < -0.39 is 59.8 Å². The van der Waals surface area contributed by atoms with Crippen molar-refractivity contribution in [3.05, 3.63) is 46.1 Å². The molecular formula is C27H32O12. The minimum Gasteiger partial charge on any atom is -0.507 e. The number of fused-ring (bicyclic) bond motifs is 1. The maximum absolute atomic E-state index is 13.2. The first kappa shape index (κ1) is 28.6. The van der Waals surface area contributed by atoms with E-state index >= 15 is 0 Å². The fourth-order valence-electron chi connectivity index (χ4n) is 4.37. The fraction of sp³-hybridized carbons (Fsp3) is 0.444. The standard InChI is InChI=1S/C27H32O12/c1-27(2,35)9-8-14-16(37-26-23(34)21(32)19(30)17(11-28)38-26)10-15(29)18-20(31)22(33)24(39-25(14)18)12-4-6-13(36-3)7-5-12/h4-7,10,17,19,21,23,26,28-30,32-35H,8-9,11H2,1-3H3/t17-,19-,21+,23-,26-/m0/s1. The van der Waals surface area contributed by atoms with Gasteiger partial charge >= 0.3 is 0 Å². The van der Waals surface area contributed by atoms with Crippen molar-refractivity contribution in [1.82, 2.24) is 0 Å². The second-order valence-electron chi connectivity index (χ2n) is 10.0. The quantitative estimate of drug-likeness (QED) is 0.209. The average molecular weight is 549 g/mol. The van der Waals surface area contributed by atoms with Crippen LogP contribution in [0.3, 0.4) is 0 Å². The first-order valence-electron chi connectivity index (χ1n) is 12.2. The lowest BCUT2D eigenvalue weighted by molar-refractivity contribution is -0.277. The second kappa shape index (κ2) is 11.0. The van der Waals surface area contributed by atoms with Crippen LogP contribution in [0.2, 0.25) is 0 Å². The summed E-state index contributed by atoms with van der Waals surface area (Å²) in [4.78, 5) is 13.2. The van der Waals surface area contributed by atoms with Crippen LogP contribution in [-0.4, -0.2) is 85.8 Å². The van der Waals surface area contributed by atoms with Crippen molar-refractivity contribution < 1.29 is 54.4 Å². The molecule has 1 aromatic heterocycles. The summed E-state index contributed by atoms with van der Waals surface area (Å²) in [6.45, 7) is 2.45. The van der Waals surface area contributed by atoms with Gasteiger partial charge in [0, 0.05) is 17.2 Å². The van der Waals surface area contributed by atoms with Crippen LogP contribution in [0.5, 0.6) is 23.0 Å². The highest BCUT2D eigenvalue weighted by Crippen LogP contribution is 2.41. The predicted molar refractivity (Wildman–Crippen MR) is 137 cm³/mol. The molecule has 0 spiro atoms. The number of aliphatic hydroxyl groups excluding tert-OH is 4. The zero-order chi connectivity index (χ0) is 28.6. The number of aryl methyl sites for hydroxylation is 1. The Bertz CT molecular complexity index is 1370. The number of aliphatic hydroxyl groups is 5. The van der Waals surface area contributed by atoms with Gasteiger partial charge in [-0.1, -0.05) is 0 Å². The molecule has 1 aliphatic rings. The number of aromatic hydroxyl groups is 2. The Labute approximate surface area is 222 Å². The van der Waals surface area contributed by atoms with E-state index in [-0.39, 0.29) is 40.9 Å². The van der Waals surface area contributed by atoms with E-state index in [0.29, 0.717) is 11.3 Å². The van der Waals surface area contributed by atoms with Gasteiger partial charge in [0.1, 0.15) is 52.6 Å². The molecule has 12 heteroatoms. The van der Waals surface area contributed by atoms with Crippen LogP contribution in [0, 0.1) is 0 Å². The Hall–Kier alpha value is -3.39. The number of methoxy groups -OCH3 is 1. The number of hydrogen-bond donors (Lipinski definition) is 7. The average Bonchev–Trinajstić information content (AvgIpc) is 2.89. The molecule has 7 N–H and O–H groups in total. The van der Waals surface area contributed by atoms with Crippen molar-refractivity contribution in [1.29, 1.82) is 0 Å². The molecule has 39 heavy (non-hydrogen) atoms. The number of phenolic OH excluding ortho intramolecular Hbond substituents is 1. The predicted octanol–water partition coefficient (Wildman–Crippen LogP) is 0.762. The zero-order valence-corrected chi connectivity index (χ0v) is 21.6. The molecule has 12 nitrogen and oxygen atoms in total. The fourth-order valence-corrected chi connectivity index (χ4v) is 4.37. The number of hydrogen-bond acceptors (Lipinski definition) is 12. The molecule has 3 aromatic rings. The highest BCUT2D eigenvalue weighted by atomic mass is 16.7. The van der Waals surface area contributed by atoms with Crippen molar-refractivity contribution in [3.8, 4) is 34.3 Å². The summed E-state index contributed by atoms with van der Waals surface area (Å²) in [5, 5.41) is 71.7. The highest BCUT2D eigenvalue weighted by molar-refractivity contribution is 5.91. The number of ether oxygens (including phenoxy) is 3. The SMILES string of the molecule is COc1ccc(-c2oc3c(CCC(C)(C)O)c(O[C@H]4O[C@@H](CO)[C@H](O)[C@@H](O)[C@@H]4O)cc(O)c3c(=O)c2O)cc1. The van der Waals surface area contributed by atoms with Gasteiger partial charge in [-0.2, -0.15) is 0 Å². The molecule has 1 aliphatic heterocycles. The first-order valence-corrected chi connectivity index (χ1v) is 12.2. The summed E-state index contributed by atoms with van der Waals surface area (Å²) in [6, 6.07) is 7.39. The molecule has 1 saturated heterocycles. The zero-order valence-electron chi connectivity index (χ0n) is 21.6. The smallest absolute Gasteiger partial charge is 0.238 e. The van der Waals surface area contributed by atoms with Crippen molar-refractivity contribution in [2.24, 2.45) is 0 Å². The normalized spacial score (nSPS) is 23.6.